The van der Waals surface area contributed by atoms with E-state index in [1.807, 2.05) is 0 Å². The van der Waals surface area contributed by atoms with Gasteiger partial charge in [0.25, 0.3) is 0 Å². The van der Waals surface area contributed by atoms with Crippen molar-refractivity contribution in [2.45, 2.75) is 120 Å². The highest BCUT2D eigenvalue weighted by molar-refractivity contribution is 7.89. The third-order valence-corrected chi connectivity index (χ3v) is 10.0. The highest BCUT2D eigenvalue weighted by Crippen LogP contribution is 2.51. The molecule has 1 aromatic heterocycles. The van der Waals surface area contributed by atoms with Crippen LogP contribution in [0.1, 0.15) is 84.3 Å². The average molecular weight is 616 g/mol. The molecular weight excluding hydrogens is 572 g/mol. The Morgan fingerprint density at radius 2 is 1.81 bits per heavy atom. The van der Waals surface area contributed by atoms with Crippen molar-refractivity contribution in [3.63, 3.8) is 0 Å². The number of sulfonamides is 1. The van der Waals surface area contributed by atoms with Crippen molar-refractivity contribution in [1.29, 1.82) is 0 Å². The summed E-state index contributed by atoms with van der Waals surface area (Å²) in [5, 5.41) is 0. The molecule has 1 saturated heterocycles. The second-order valence-corrected chi connectivity index (χ2v) is 14.4. The maximum atomic E-state index is 13.7. The smallest absolute Gasteiger partial charge is 0.410 e. The predicted molar refractivity (Wildman–Crippen MR) is 150 cm³/mol. The summed E-state index contributed by atoms with van der Waals surface area (Å²) in [5.41, 5.74) is -0.113. The van der Waals surface area contributed by atoms with Gasteiger partial charge in [-0.1, -0.05) is 0 Å². The minimum absolute atomic E-state index is 0.0127. The molecule has 3 aliphatic rings. The van der Waals surface area contributed by atoms with Gasteiger partial charge in [-0.3, -0.25) is 4.79 Å². The molecule has 0 N–H and O–H groups in total. The van der Waals surface area contributed by atoms with E-state index in [1.165, 1.54) is 17.5 Å². The Bertz CT molecular complexity index is 1240. The fourth-order valence-electron chi connectivity index (χ4n) is 5.84. The van der Waals surface area contributed by atoms with Crippen LogP contribution in [0.3, 0.4) is 0 Å². The molecule has 2 aliphatic carbocycles. The van der Waals surface area contributed by atoms with Gasteiger partial charge in [-0.05, 0) is 90.7 Å². The summed E-state index contributed by atoms with van der Waals surface area (Å²) in [7, 11) is -2.82. The molecule has 10 nitrogen and oxygen atoms in total. The summed E-state index contributed by atoms with van der Waals surface area (Å²) < 4.78 is 72.4. The second-order valence-electron chi connectivity index (χ2n) is 12.6. The Hall–Kier alpha value is -2.54. The fourth-order valence-corrected chi connectivity index (χ4v) is 7.76. The number of fused-ring (bicyclic) bond motifs is 1. The number of pyridine rings is 1. The number of aryl methyl sites for hydroxylation is 1. The van der Waals surface area contributed by atoms with Gasteiger partial charge in [-0.15, -0.1) is 0 Å². The fraction of sp³-hybridized carbons (Fsp3) is 0.759. The van der Waals surface area contributed by atoms with Crippen LogP contribution in [-0.2, 0) is 24.3 Å². The molecule has 2 heterocycles. The summed E-state index contributed by atoms with van der Waals surface area (Å²) in [4.78, 5) is 31.1. The lowest BCUT2D eigenvalue weighted by Crippen LogP contribution is -2.46. The van der Waals surface area contributed by atoms with Crippen LogP contribution in [0.4, 0.5) is 13.6 Å². The molecule has 2 saturated carbocycles. The van der Waals surface area contributed by atoms with Crippen LogP contribution in [0.2, 0.25) is 0 Å². The number of rotatable bonds is 11. The Kier molecular flexibility index (Phi) is 9.71. The van der Waals surface area contributed by atoms with Crippen molar-refractivity contribution >= 4 is 22.1 Å². The summed E-state index contributed by atoms with van der Waals surface area (Å²) in [6.07, 6.45) is 2.40. The van der Waals surface area contributed by atoms with Crippen LogP contribution in [0.5, 0.6) is 5.88 Å². The first-order valence-corrected chi connectivity index (χ1v) is 16.2. The van der Waals surface area contributed by atoms with Crippen LogP contribution in [0, 0.1) is 12.8 Å². The number of carbonyl (C=O) groups is 2. The van der Waals surface area contributed by atoms with Gasteiger partial charge in [0.05, 0.1) is 13.7 Å². The Balaban J connectivity index is 1.35. The van der Waals surface area contributed by atoms with Crippen LogP contribution < -0.4 is 4.74 Å². The van der Waals surface area contributed by atoms with E-state index in [0.29, 0.717) is 44.3 Å². The zero-order valence-corrected chi connectivity index (χ0v) is 25.9. The lowest BCUT2D eigenvalue weighted by atomic mass is 9.91. The number of unbranched alkanes of at least 4 members (excludes halogenated alkanes) is 2. The van der Waals surface area contributed by atoms with Gasteiger partial charge in [-0.25, -0.2) is 27.0 Å². The number of halogens is 2. The van der Waals surface area contributed by atoms with E-state index in [-0.39, 0.29) is 61.1 Å². The van der Waals surface area contributed by atoms with Gasteiger partial charge < -0.3 is 19.1 Å². The Morgan fingerprint density at radius 3 is 2.45 bits per heavy atom. The van der Waals surface area contributed by atoms with E-state index in [4.69, 9.17) is 14.2 Å². The quantitative estimate of drug-likeness (QED) is 0.250. The number of esters is 1. The van der Waals surface area contributed by atoms with Gasteiger partial charge in [0.2, 0.25) is 21.8 Å². The van der Waals surface area contributed by atoms with Crippen molar-refractivity contribution in [2.24, 2.45) is 5.92 Å². The predicted octanol–water partition coefficient (Wildman–Crippen LogP) is 5.08. The van der Waals surface area contributed by atoms with E-state index < -0.39 is 39.7 Å². The minimum atomic E-state index is -4.07. The highest BCUT2D eigenvalue weighted by Gasteiger charge is 2.59. The van der Waals surface area contributed by atoms with E-state index in [0.717, 1.165) is 0 Å². The van der Waals surface area contributed by atoms with Crippen LogP contribution >= 0.6 is 0 Å². The summed E-state index contributed by atoms with van der Waals surface area (Å²) >= 11 is 0. The van der Waals surface area contributed by atoms with Gasteiger partial charge in [0, 0.05) is 37.2 Å². The lowest BCUT2D eigenvalue weighted by Gasteiger charge is -2.37. The van der Waals surface area contributed by atoms with Crippen LogP contribution in [0.25, 0.3) is 0 Å². The van der Waals surface area contributed by atoms with Crippen molar-refractivity contribution < 1.29 is 41.0 Å². The number of nitrogens with zero attached hydrogens (tertiary/aromatic N) is 3. The SMILES string of the molecule is COC(=O)[C@@H]1C[C@H]2C[C@H]2N1S(=O)(=O)c1ccc(C)nc1OCCCCCN(C(=O)OC(C)(C)C)C1CCC(F)(F)CC1. The maximum absolute atomic E-state index is 13.7. The lowest BCUT2D eigenvalue weighted by molar-refractivity contribution is -0.144. The number of methoxy groups -OCH3 is 1. The van der Waals surface area contributed by atoms with Crippen LogP contribution in [0.15, 0.2) is 17.0 Å². The van der Waals surface area contributed by atoms with Crippen molar-refractivity contribution in [3.8, 4) is 5.88 Å². The molecule has 3 atom stereocenters. The molecule has 1 amide bonds. The highest BCUT2D eigenvalue weighted by atomic mass is 32.2. The number of hydrogen-bond donors (Lipinski definition) is 0. The maximum Gasteiger partial charge on any atom is 0.410 e. The first-order chi connectivity index (χ1) is 19.6. The molecule has 0 spiro atoms. The largest absolute Gasteiger partial charge is 0.477 e. The molecule has 4 rings (SSSR count). The summed E-state index contributed by atoms with van der Waals surface area (Å²) in [6, 6.07) is 1.67. The number of ether oxygens (including phenoxy) is 3. The van der Waals surface area contributed by atoms with E-state index in [2.05, 4.69) is 4.98 Å². The molecule has 0 unspecified atom stereocenters. The molecule has 236 valence electrons. The number of alkyl halides is 2. The number of carbonyl (C=O) groups excluding carboxylic acids is 2. The zero-order valence-electron chi connectivity index (χ0n) is 25.1. The number of hydrogen-bond acceptors (Lipinski definition) is 8. The molecule has 1 aliphatic heterocycles. The number of piperidine rings is 1. The van der Waals surface area contributed by atoms with Gasteiger partial charge in [0.1, 0.15) is 16.5 Å². The van der Waals surface area contributed by atoms with E-state index in [1.54, 1.807) is 38.7 Å². The molecular formula is C29H43F2N3O7S. The van der Waals surface area contributed by atoms with Crippen molar-refractivity contribution in [3.05, 3.63) is 17.8 Å². The third-order valence-electron chi connectivity index (χ3n) is 8.08. The Labute approximate surface area is 247 Å². The standard InChI is InChI=1S/C29H43F2N3O7S/c1-19-9-10-24(42(37,38)34-22-17-20(22)18-23(34)26(35)39-5)25(32-19)40-16-8-6-7-15-33(27(36)41-28(2,3)4)21-11-13-29(30,31)14-12-21/h9-10,20-23H,6-8,11-18H2,1-5H3/t20-,22-,23+/m1/s1. The van der Waals surface area contributed by atoms with Gasteiger partial charge >= 0.3 is 12.1 Å². The van der Waals surface area contributed by atoms with E-state index in [9.17, 15) is 26.8 Å². The number of amides is 1. The summed E-state index contributed by atoms with van der Waals surface area (Å²) in [5.74, 6) is -3.13. The second kappa shape index (κ2) is 12.6. The van der Waals surface area contributed by atoms with E-state index >= 15 is 0 Å². The molecule has 1 aromatic rings. The minimum Gasteiger partial charge on any atom is -0.477 e. The van der Waals surface area contributed by atoms with Gasteiger partial charge in [-0.2, -0.15) is 4.31 Å². The number of aromatic nitrogens is 1. The molecule has 3 fully saturated rings. The van der Waals surface area contributed by atoms with Gasteiger partial charge in [0.15, 0.2) is 0 Å². The summed E-state index contributed by atoms with van der Waals surface area (Å²) in [6.45, 7) is 7.59. The molecule has 13 heteroatoms. The van der Waals surface area contributed by atoms with Crippen molar-refractivity contribution in [2.75, 3.05) is 20.3 Å². The Morgan fingerprint density at radius 1 is 1.12 bits per heavy atom. The zero-order chi connectivity index (χ0) is 30.9. The molecule has 0 bridgehead atoms. The first kappa shape index (κ1) is 32.4. The van der Waals surface area contributed by atoms with Crippen LogP contribution in [-0.4, -0.2) is 84.6 Å². The molecule has 0 aromatic carbocycles. The normalized spacial score (nSPS) is 24.1. The monoisotopic (exact) mass is 615 g/mol. The first-order valence-electron chi connectivity index (χ1n) is 14.7. The topological polar surface area (TPSA) is 115 Å². The molecule has 0 radical (unpaired) electrons. The van der Waals surface area contributed by atoms with Crippen molar-refractivity contribution in [1.82, 2.24) is 14.2 Å². The third kappa shape index (κ3) is 7.69. The molecule has 42 heavy (non-hydrogen) atoms. The average Bonchev–Trinajstić information content (AvgIpc) is 3.54.